The lowest BCUT2D eigenvalue weighted by Crippen LogP contribution is -2.36. The van der Waals surface area contributed by atoms with E-state index in [0.717, 1.165) is 4.90 Å². The van der Waals surface area contributed by atoms with E-state index < -0.39 is 5.91 Å². The third-order valence-electron chi connectivity index (χ3n) is 3.06. The molecule has 1 aliphatic rings. The fourth-order valence-corrected chi connectivity index (χ4v) is 1.99. The quantitative estimate of drug-likeness (QED) is 0.802. The average Bonchev–Trinajstić information content (AvgIpc) is 3.10. The molecule has 0 aliphatic carbocycles. The predicted octanol–water partition coefficient (Wildman–Crippen LogP) is 0.219. The van der Waals surface area contributed by atoms with Crippen LogP contribution < -0.4 is 5.32 Å². The number of nitrogens with zero attached hydrogens (tertiary/aromatic N) is 4. The Morgan fingerprint density at radius 3 is 2.55 bits per heavy atom. The monoisotopic (exact) mass is 301 g/mol. The number of anilines is 1. The van der Waals surface area contributed by atoms with Crippen LogP contribution in [0.4, 0.5) is 6.01 Å². The first kappa shape index (κ1) is 13.9. The standard InChI is InChI=1S/C13H11N5O4/c19-9(7-18-10(20)1-2-11(18)21)15-13-17-16-12(22-13)8-3-5-14-6-4-8/h3-6H,1-2,7H2,(H,15,17,19). The highest BCUT2D eigenvalue weighted by Crippen LogP contribution is 2.18. The van der Waals surface area contributed by atoms with Crippen molar-refractivity contribution in [2.45, 2.75) is 12.8 Å². The first-order valence-electron chi connectivity index (χ1n) is 6.50. The smallest absolute Gasteiger partial charge is 0.322 e. The molecule has 9 heteroatoms. The summed E-state index contributed by atoms with van der Waals surface area (Å²) < 4.78 is 5.29. The number of carbonyl (C=O) groups excluding carboxylic acids is 3. The molecule has 1 saturated heterocycles. The number of imide groups is 1. The lowest BCUT2D eigenvalue weighted by atomic mass is 10.3. The van der Waals surface area contributed by atoms with E-state index in [1.54, 1.807) is 24.5 Å². The molecule has 0 aromatic carbocycles. The van der Waals surface area contributed by atoms with Gasteiger partial charge in [-0.2, -0.15) is 0 Å². The van der Waals surface area contributed by atoms with Gasteiger partial charge in [0.05, 0.1) is 0 Å². The van der Waals surface area contributed by atoms with Crippen LogP contribution >= 0.6 is 0 Å². The van der Waals surface area contributed by atoms with Gasteiger partial charge >= 0.3 is 6.01 Å². The van der Waals surface area contributed by atoms with Gasteiger partial charge in [-0.25, -0.2) is 0 Å². The van der Waals surface area contributed by atoms with Gasteiger partial charge in [-0.05, 0) is 12.1 Å². The van der Waals surface area contributed by atoms with Crippen molar-refractivity contribution in [3.05, 3.63) is 24.5 Å². The van der Waals surface area contributed by atoms with Gasteiger partial charge in [-0.1, -0.05) is 5.10 Å². The SMILES string of the molecule is O=C(CN1C(=O)CCC1=O)Nc1nnc(-c2ccncc2)o1. The first-order chi connectivity index (χ1) is 10.6. The van der Waals surface area contributed by atoms with Crippen LogP contribution in [0.5, 0.6) is 0 Å². The van der Waals surface area contributed by atoms with E-state index in [9.17, 15) is 14.4 Å². The van der Waals surface area contributed by atoms with E-state index in [-0.39, 0.29) is 43.1 Å². The summed E-state index contributed by atoms with van der Waals surface area (Å²) in [7, 11) is 0. The normalized spacial score (nSPS) is 14.5. The number of pyridine rings is 1. The highest BCUT2D eigenvalue weighted by Gasteiger charge is 2.30. The zero-order valence-corrected chi connectivity index (χ0v) is 11.4. The maximum atomic E-state index is 11.8. The van der Waals surface area contributed by atoms with E-state index in [2.05, 4.69) is 20.5 Å². The number of hydrogen-bond donors (Lipinski definition) is 1. The Labute approximate surface area is 124 Å². The fourth-order valence-electron chi connectivity index (χ4n) is 1.99. The molecule has 0 atom stereocenters. The molecule has 1 aliphatic heterocycles. The Hall–Kier alpha value is -3.10. The molecule has 0 radical (unpaired) electrons. The molecule has 0 spiro atoms. The average molecular weight is 301 g/mol. The third-order valence-corrected chi connectivity index (χ3v) is 3.06. The fraction of sp³-hybridized carbons (Fsp3) is 0.231. The van der Waals surface area contributed by atoms with E-state index >= 15 is 0 Å². The van der Waals surface area contributed by atoms with Crippen LogP contribution in [0.3, 0.4) is 0 Å². The molecule has 2 aromatic rings. The van der Waals surface area contributed by atoms with Gasteiger partial charge in [0.1, 0.15) is 6.54 Å². The lowest BCUT2D eigenvalue weighted by Gasteiger charge is -2.11. The van der Waals surface area contributed by atoms with Crippen LogP contribution in [0.25, 0.3) is 11.5 Å². The number of likely N-dealkylation sites (tertiary alicyclic amines) is 1. The van der Waals surface area contributed by atoms with Crippen LogP contribution in [0.1, 0.15) is 12.8 Å². The second kappa shape index (κ2) is 5.72. The van der Waals surface area contributed by atoms with E-state index in [4.69, 9.17) is 4.42 Å². The van der Waals surface area contributed by atoms with Gasteiger partial charge < -0.3 is 4.42 Å². The minimum Gasteiger partial charge on any atom is -0.403 e. The van der Waals surface area contributed by atoms with Gasteiger partial charge in [-0.15, -0.1) is 5.10 Å². The zero-order chi connectivity index (χ0) is 15.5. The maximum Gasteiger partial charge on any atom is 0.322 e. The molecule has 0 bridgehead atoms. The van der Waals surface area contributed by atoms with Crippen molar-refractivity contribution in [2.75, 3.05) is 11.9 Å². The highest BCUT2D eigenvalue weighted by atomic mass is 16.4. The van der Waals surface area contributed by atoms with Crippen molar-refractivity contribution in [1.29, 1.82) is 0 Å². The highest BCUT2D eigenvalue weighted by molar-refractivity contribution is 6.05. The van der Waals surface area contributed by atoms with Gasteiger partial charge in [0.15, 0.2) is 0 Å². The molecule has 1 N–H and O–H groups in total. The summed E-state index contributed by atoms with van der Waals surface area (Å²) in [4.78, 5) is 39.5. The number of hydrogen-bond acceptors (Lipinski definition) is 7. The van der Waals surface area contributed by atoms with E-state index in [0.29, 0.717) is 5.56 Å². The molecule has 0 unspecified atom stereocenters. The largest absolute Gasteiger partial charge is 0.403 e. The number of carbonyl (C=O) groups is 3. The number of aromatic nitrogens is 3. The summed E-state index contributed by atoms with van der Waals surface area (Å²) in [6.07, 6.45) is 3.42. The number of nitrogens with one attached hydrogen (secondary N) is 1. The molecular weight excluding hydrogens is 290 g/mol. The van der Waals surface area contributed by atoms with Gasteiger partial charge in [-0.3, -0.25) is 29.6 Å². The van der Waals surface area contributed by atoms with Crippen molar-refractivity contribution in [3.8, 4) is 11.5 Å². The summed E-state index contributed by atoms with van der Waals surface area (Å²) >= 11 is 0. The van der Waals surface area contributed by atoms with Crippen molar-refractivity contribution in [3.63, 3.8) is 0 Å². The minimum atomic E-state index is -0.575. The molecule has 2 aromatic heterocycles. The van der Waals surface area contributed by atoms with Crippen LogP contribution in [0.15, 0.2) is 28.9 Å². The van der Waals surface area contributed by atoms with E-state index in [1.807, 2.05) is 0 Å². The molecule has 22 heavy (non-hydrogen) atoms. The van der Waals surface area contributed by atoms with Gasteiger partial charge in [0, 0.05) is 30.8 Å². The summed E-state index contributed by atoms with van der Waals surface area (Å²) in [6.45, 7) is -0.357. The van der Waals surface area contributed by atoms with Crippen molar-refractivity contribution in [1.82, 2.24) is 20.1 Å². The topological polar surface area (TPSA) is 118 Å². The van der Waals surface area contributed by atoms with Crippen LogP contribution in [0.2, 0.25) is 0 Å². The summed E-state index contributed by atoms with van der Waals surface area (Å²) in [5, 5.41) is 9.84. The Morgan fingerprint density at radius 1 is 1.18 bits per heavy atom. The molecule has 9 nitrogen and oxygen atoms in total. The van der Waals surface area contributed by atoms with E-state index in [1.165, 1.54) is 0 Å². The summed E-state index contributed by atoms with van der Waals surface area (Å²) in [6, 6.07) is 3.26. The maximum absolute atomic E-state index is 11.8. The van der Waals surface area contributed by atoms with Crippen LogP contribution in [-0.2, 0) is 14.4 Å². The van der Waals surface area contributed by atoms with Gasteiger partial charge in [0.25, 0.3) is 0 Å². The van der Waals surface area contributed by atoms with Crippen LogP contribution in [0, 0.1) is 0 Å². The predicted molar refractivity (Wildman–Crippen MR) is 72.1 cm³/mol. The lowest BCUT2D eigenvalue weighted by molar-refractivity contribution is -0.141. The molecule has 0 saturated carbocycles. The van der Waals surface area contributed by atoms with Crippen LogP contribution in [-0.4, -0.2) is 44.3 Å². The molecule has 112 valence electrons. The minimum absolute atomic E-state index is 0.101. The molecular formula is C13H11N5O4. The molecule has 3 heterocycles. The van der Waals surface area contributed by atoms with Crippen molar-refractivity contribution in [2.24, 2.45) is 0 Å². The van der Waals surface area contributed by atoms with Gasteiger partial charge in [0.2, 0.25) is 23.6 Å². The Kier molecular flexibility index (Phi) is 3.60. The zero-order valence-electron chi connectivity index (χ0n) is 11.4. The molecule has 3 amide bonds. The first-order valence-corrected chi connectivity index (χ1v) is 6.50. The Morgan fingerprint density at radius 2 is 1.86 bits per heavy atom. The Bertz CT molecular complexity index is 711. The van der Waals surface area contributed by atoms with Crippen molar-refractivity contribution >= 4 is 23.7 Å². The number of rotatable bonds is 4. The second-order valence-corrected chi connectivity index (χ2v) is 4.57. The molecule has 1 fully saturated rings. The number of amides is 3. The second-order valence-electron chi connectivity index (χ2n) is 4.57. The Balaban J connectivity index is 1.64. The summed E-state index contributed by atoms with van der Waals surface area (Å²) in [5.41, 5.74) is 0.660. The summed E-state index contributed by atoms with van der Waals surface area (Å²) in [5.74, 6) is -1.06. The van der Waals surface area contributed by atoms with Crippen molar-refractivity contribution < 1.29 is 18.8 Å². The third kappa shape index (κ3) is 2.82. The molecule has 3 rings (SSSR count).